The molecule has 0 aromatic rings. The molecule has 3 saturated heterocycles. The Labute approximate surface area is 215 Å². The van der Waals surface area contributed by atoms with E-state index >= 15 is 0 Å². The second-order valence-electron chi connectivity index (χ2n) is 11.8. The number of amides is 2. The normalized spacial score (nSPS) is 36.9. The third-order valence-corrected chi connectivity index (χ3v) is 8.52. The number of carbonyl (C=O) groups is 2. The Morgan fingerprint density at radius 1 is 1.19 bits per heavy atom. The molecule has 204 valence electrons. The van der Waals surface area contributed by atoms with Crippen LogP contribution in [0.1, 0.15) is 53.9 Å². The summed E-state index contributed by atoms with van der Waals surface area (Å²) in [5.41, 5.74) is 0.601. The number of piperazine rings is 1. The lowest BCUT2D eigenvalue weighted by molar-refractivity contribution is -0.136. The molecular weight excluding hydrogens is 462 g/mol. The molecule has 3 aliphatic heterocycles. The van der Waals surface area contributed by atoms with Crippen molar-refractivity contribution < 1.29 is 28.5 Å². The first kappa shape index (κ1) is 27.4. The maximum Gasteiger partial charge on any atom is 0.408 e. The summed E-state index contributed by atoms with van der Waals surface area (Å²) in [6.07, 6.45) is 3.22. The number of alkyl carbamates (subject to hydrolysis) is 1. The molecule has 7 atom stereocenters. The minimum absolute atomic E-state index is 0.0371. The van der Waals surface area contributed by atoms with Gasteiger partial charge in [-0.25, -0.2) is 4.79 Å². The second kappa shape index (κ2) is 10.6. The van der Waals surface area contributed by atoms with Gasteiger partial charge in [0.05, 0.1) is 18.6 Å². The van der Waals surface area contributed by atoms with Crippen molar-refractivity contribution >= 4 is 12.0 Å². The summed E-state index contributed by atoms with van der Waals surface area (Å²) < 4.78 is 24.2. The summed E-state index contributed by atoms with van der Waals surface area (Å²) in [5.74, 6) is -0.143. The molecule has 0 aromatic carbocycles. The van der Waals surface area contributed by atoms with Gasteiger partial charge in [0.25, 0.3) is 0 Å². The van der Waals surface area contributed by atoms with Crippen LogP contribution in [0.5, 0.6) is 0 Å². The summed E-state index contributed by atoms with van der Waals surface area (Å²) in [5, 5.41) is 2.87. The Morgan fingerprint density at radius 3 is 2.42 bits per heavy atom. The van der Waals surface area contributed by atoms with E-state index < -0.39 is 18.2 Å². The molecule has 0 radical (unpaired) electrons. The van der Waals surface area contributed by atoms with Crippen LogP contribution >= 0.6 is 0 Å². The molecule has 4 aliphatic rings. The summed E-state index contributed by atoms with van der Waals surface area (Å²) in [6.45, 7) is 13.9. The zero-order valence-corrected chi connectivity index (χ0v) is 23.0. The van der Waals surface area contributed by atoms with Gasteiger partial charge in [-0.05, 0) is 53.0 Å². The van der Waals surface area contributed by atoms with Crippen LogP contribution in [-0.4, -0.2) is 104 Å². The Hall–Kier alpha value is -1.68. The highest BCUT2D eigenvalue weighted by Gasteiger charge is 2.72. The van der Waals surface area contributed by atoms with Crippen LogP contribution < -0.4 is 5.32 Å². The van der Waals surface area contributed by atoms with Gasteiger partial charge in [-0.3, -0.25) is 4.79 Å². The minimum Gasteiger partial charge on any atom is -0.443 e. The summed E-state index contributed by atoms with van der Waals surface area (Å²) >= 11 is 0. The van der Waals surface area contributed by atoms with Crippen molar-refractivity contribution in [2.75, 3.05) is 46.9 Å². The second-order valence-corrected chi connectivity index (χ2v) is 11.8. The number of epoxide rings is 2. The van der Waals surface area contributed by atoms with E-state index in [1.54, 1.807) is 7.11 Å². The van der Waals surface area contributed by atoms with Crippen molar-refractivity contribution in [1.82, 2.24) is 15.1 Å². The van der Waals surface area contributed by atoms with Crippen molar-refractivity contribution in [2.45, 2.75) is 89.4 Å². The molecule has 9 heteroatoms. The molecule has 1 aliphatic carbocycles. The topological polar surface area (TPSA) is 96.2 Å². The lowest BCUT2D eigenvalue weighted by Crippen LogP contribution is -2.58. The number of methoxy groups -OCH3 is 1. The van der Waals surface area contributed by atoms with Gasteiger partial charge in [0.15, 0.2) is 0 Å². The summed E-state index contributed by atoms with van der Waals surface area (Å²) in [7, 11) is 3.71. The van der Waals surface area contributed by atoms with E-state index in [1.807, 2.05) is 18.7 Å². The monoisotopic (exact) mass is 507 g/mol. The molecule has 2 amide bonds. The molecule has 36 heavy (non-hydrogen) atoms. The Kier molecular flexibility index (Phi) is 8.05. The first-order valence-electron chi connectivity index (χ1n) is 13.4. The number of nitrogens with one attached hydrogen (secondary N) is 1. The van der Waals surface area contributed by atoms with Crippen molar-refractivity contribution in [3.8, 4) is 0 Å². The van der Waals surface area contributed by atoms with Crippen LogP contribution in [0.3, 0.4) is 0 Å². The third kappa shape index (κ3) is 5.59. The molecule has 1 spiro atoms. The van der Waals surface area contributed by atoms with Gasteiger partial charge in [0.2, 0.25) is 5.91 Å². The number of likely N-dealkylation sites (N-methyl/N-ethyl adjacent to an activating group) is 1. The fourth-order valence-electron chi connectivity index (χ4n) is 6.11. The molecule has 1 N–H and O–H groups in total. The maximum absolute atomic E-state index is 13.2. The van der Waals surface area contributed by atoms with E-state index in [0.29, 0.717) is 26.1 Å². The highest BCUT2D eigenvalue weighted by molar-refractivity contribution is 5.86. The highest BCUT2D eigenvalue weighted by Crippen LogP contribution is 2.59. The third-order valence-electron chi connectivity index (χ3n) is 8.52. The molecular formula is C27H45N3O6. The van der Waals surface area contributed by atoms with Crippen molar-refractivity contribution in [3.05, 3.63) is 11.6 Å². The van der Waals surface area contributed by atoms with E-state index in [0.717, 1.165) is 25.9 Å². The quantitative estimate of drug-likeness (QED) is 0.398. The van der Waals surface area contributed by atoms with Gasteiger partial charge in [-0.2, -0.15) is 0 Å². The van der Waals surface area contributed by atoms with Gasteiger partial charge < -0.3 is 34.1 Å². The number of hydrogen-bond acceptors (Lipinski definition) is 7. The van der Waals surface area contributed by atoms with Gasteiger partial charge in [0, 0.05) is 33.3 Å². The number of carbonyl (C=O) groups excluding carboxylic acids is 2. The van der Waals surface area contributed by atoms with Gasteiger partial charge in [-0.1, -0.05) is 25.5 Å². The van der Waals surface area contributed by atoms with Crippen LogP contribution in [0.25, 0.3) is 0 Å². The Bertz CT molecular complexity index is 846. The fraction of sp³-hybridized carbons (Fsp3) is 0.852. The van der Waals surface area contributed by atoms with Crippen molar-refractivity contribution in [1.29, 1.82) is 0 Å². The lowest BCUT2D eigenvalue weighted by Gasteiger charge is -2.42. The smallest absolute Gasteiger partial charge is 0.408 e. The van der Waals surface area contributed by atoms with Crippen LogP contribution in [0.2, 0.25) is 0 Å². The standard InChI is InChI=1S/C27H45N3O6/c1-17(2)8-9-20-26(5,36-20)23-22(33-7)19(10-11-27(23)16-34-27)35-25(32)28-21(18(3)4)24(31)30-14-12-29(6)13-15-30/h8,18-23H,9-16H2,1-7H3,(H,28,32)/t19-,20-,21-,22-,23-,26+,27+/m1/s1. The molecule has 0 unspecified atom stereocenters. The molecule has 3 heterocycles. The first-order chi connectivity index (χ1) is 17.0. The van der Waals surface area contributed by atoms with Crippen molar-refractivity contribution in [2.24, 2.45) is 11.8 Å². The number of ether oxygens (including phenoxy) is 4. The van der Waals surface area contributed by atoms with E-state index in [-0.39, 0.29) is 41.2 Å². The van der Waals surface area contributed by atoms with Crippen LogP contribution in [0.15, 0.2) is 11.6 Å². The zero-order valence-electron chi connectivity index (χ0n) is 23.0. The summed E-state index contributed by atoms with van der Waals surface area (Å²) in [4.78, 5) is 30.3. The number of nitrogens with zero attached hydrogens (tertiary/aromatic N) is 2. The predicted molar refractivity (Wildman–Crippen MR) is 136 cm³/mol. The minimum atomic E-state index is -0.628. The molecule has 4 fully saturated rings. The summed E-state index contributed by atoms with van der Waals surface area (Å²) in [6, 6.07) is -0.628. The van der Waals surface area contributed by atoms with Gasteiger partial charge in [0.1, 0.15) is 29.5 Å². The first-order valence-corrected chi connectivity index (χ1v) is 13.4. The lowest BCUT2D eigenvalue weighted by atomic mass is 9.68. The Balaban J connectivity index is 1.41. The maximum atomic E-state index is 13.2. The number of rotatable bonds is 8. The Morgan fingerprint density at radius 2 is 1.86 bits per heavy atom. The van der Waals surface area contributed by atoms with Crippen molar-refractivity contribution in [3.63, 3.8) is 0 Å². The zero-order chi connectivity index (χ0) is 26.3. The number of allylic oxidation sites excluding steroid dienone is 1. The van der Waals surface area contributed by atoms with Crippen LogP contribution in [-0.2, 0) is 23.7 Å². The van der Waals surface area contributed by atoms with Gasteiger partial charge in [-0.15, -0.1) is 0 Å². The average molecular weight is 508 g/mol. The van der Waals surface area contributed by atoms with Gasteiger partial charge >= 0.3 is 6.09 Å². The average Bonchev–Trinajstić information content (AvgIpc) is 3.74. The highest BCUT2D eigenvalue weighted by atomic mass is 16.6. The van der Waals surface area contributed by atoms with E-state index in [2.05, 4.69) is 44.1 Å². The largest absolute Gasteiger partial charge is 0.443 e. The van der Waals surface area contributed by atoms with E-state index in [1.165, 1.54) is 5.57 Å². The predicted octanol–water partition coefficient (Wildman–Crippen LogP) is 2.59. The molecule has 0 aromatic heterocycles. The van der Waals surface area contributed by atoms with E-state index in [9.17, 15) is 9.59 Å². The molecule has 1 saturated carbocycles. The fourth-order valence-corrected chi connectivity index (χ4v) is 6.11. The van der Waals surface area contributed by atoms with Crippen LogP contribution in [0.4, 0.5) is 4.79 Å². The molecule has 0 bridgehead atoms. The van der Waals surface area contributed by atoms with E-state index in [4.69, 9.17) is 18.9 Å². The van der Waals surface area contributed by atoms with Crippen LogP contribution in [0, 0.1) is 11.8 Å². The molecule has 9 nitrogen and oxygen atoms in total. The SMILES string of the molecule is CO[C@@H]1[C@H](OC(=O)N[C@@H](C(=O)N2CCN(C)CC2)C(C)C)CC[C@]2(CO2)[C@H]1[C@@]1(C)O[C@@H]1CC=C(C)C. The number of hydrogen-bond donors (Lipinski definition) is 1. The molecule has 4 rings (SSSR count).